The van der Waals surface area contributed by atoms with E-state index in [-0.39, 0.29) is 0 Å². The minimum atomic E-state index is 0.598. The van der Waals surface area contributed by atoms with Crippen LogP contribution in [0.1, 0.15) is 0 Å². The van der Waals surface area contributed by atoms with Gasteiger partial charge in [0, 0.05) is 24.9 Å². The summed E-state index contributed by atoms with van der Waals surface area (Å²) in [5.74, 6) is 2.50. The normalized spacial score (nSPS) is 9.81. The fourth-order valence-electron chi connectivity index (χ4n) is 1.37. The van der Waals surface area contributed by atoms with Crippen LogP contribution in [0.4, 0.5) is 5.69 Å². The standard InChI is InChI=1S/C11H17NO3S/c1-12(7-16)8-5-9(13-2)11(15-4)10(6-8)14-3/h5-6,16H,7H2,1-4H3. The Kier molecular flexibility index (Phi) is 4.61. The number of hydrogen-bond acceptors (Lipinski definition) is 5. The Morgan fingerprint density at radius 1 is 1.06 bits per heavy atom. The molecule has 1 aromatic rings. The van der Waals surface area contributed by atoms with Gasteiger partial charge in [-0.1, -0.05) is 0 Å². The molecule has 0 saturated heterocycles. The van der Waals surface area contributed by atoms with Crippen LogP contribution in [0.25, 0.3) is 0 Å². The lowest BCUT2D eigenvalue weighted by molar-refractivity contribution is 0.324. The van der Waals surface area contributed by atoms with Gasteiger partial charge < -0.3 is 19.1 Å². The van der Waals surface area contributed by atoms with Crippen LogP contribution in [0.3, 0.4) is 0 Å². The first-order valence-electron chi connectivity index (χ1n) is 4.80. The maximum atomic E-state index is 5.26. The molecular formula is C11H17NO3S. The zero-order valence-corrected chi connectivity index (χ0v) is 10.9. The molecule has 90 valence electrons. The molecule has 0 heterocycles. The molecule has 5 heteroatoms. The van der Waals surface area contributed by atoms with Crippen molar-refractivity contribution < 1.29 is 14.2 Å². The zero-order valence-electron chi connectivity index (χ0n) is 9.98. The fraction of sp³-hybridized carbons (Fsp3) is 0.455. The summed E-state index contributed by atoms with van der Waals surface area (Å²) in [5.41, 5.74) is 0.963. The molecule has 16 heavy (non-hydrogen) atoms. The Bertz CT molecular complexity index is 332. The smallest absolute Gasteiger partial charge is 0.203 e. The van der Waals surface area contributed by atoms with Crippen LogP contribution in [0.5, 0.6) is 17.2 Å². The van der Waals surface area contributed by atoms with Gasteiger partial charge in [0.05, 0.1) is 27.2 Å². The monoisotopic (exact) mass is 243 g/mol. The van der Waals surface area contributed by atoms with Crippen LogP contribution in [0.2, 0.25) is 0 Å². The maximum Gasteiger partial charge on any atom is 0.203 e. The largest absolute Gasteiger partial charge is 0.493 e. The average Bonchev–Trinajstić information content (AvgIpc) is 2.35. The lowest BCUT2D eigenvalue weighted by atomic mass is 10.2. The summed E-state index contributed by atoms with van der Waals surface area (Å²) < 4.78 is 15.8. The Hall–Kier alpha value is -1.23. The van der Waals surface area contributed by atoms with Gasteiger partial charge in [0.1, 0.15) is 0 Å². The molecule has 0 aliphatic rings. The second kappa shape index (κ2) is 5.75. The Morgan fingerprint density at radius 2 is 1.56 bits per heavy atom. The van der Waals surface area contributed by atoms with Crippen LogP contribution in [-0.4, -0.2) is 34.3 Å². The van der Waals surface area contributed by atoms with Crippen molar-refractivity contribution >= 4 is 18.3 Å². The van der Waals surface area contributed by atoms with E-state index in [9.17, 15) is 0 Å². The number of ether oxygens (including phenoxy) is 3. The molecule has 0 atom stereocenters. The molecule has 0 aromatic heterocycles. The van der Waals surface area contributed by atoms with Crippen LogP contribution in [0, 0.1) is 0 Å². The predicted octanol–water partition coefficient (Wildman–Crippen LogP) is 2.04. The third kappa shape index (κ3) is 2.47. The van der Waals surface area contributed by atoms with E-state index >= 15 is 0 Å². The Morgan fingerprint density at radius 3 is 1.88 bits per heavy atom. The molecule has 0 bridgehead atoms. The highest BCUT2D eigenvalue weighted by atomic mass is 32.1. The number of rotatable bonds is 5. The van der Waals surface area contributed by atoms with Gasteiger partial charge >= 0.3 is 0 Å². The molecule has 0 amide bonds. The minimum absolute atomic E-state index is 0.598. The summed E-state index contributed by atoms with van der Waals surface area (Å²) in [5, 5.41) is 0. The molecule has 1 aromatic carbocycles. The third-order valence-corrected chi connectivity index (χ3v) is 2.73. The zero-order chi connectivity index (χ0) is 12.1. The SMILES string of the molecule is COc1cc(N(C)CS)cc(OC)c1OC. The summed E-state index contributed by atoms with van der Waals surface area (Å²) >= 11 is 4.22. The molecule has 0 fully saturated rings. The second-order valence-corrected chi connectivity index (χ2v) is 3.51. The highest BCUT2D eigenvalue weighted by molar-refractivity contribution is 7.80. The number of anilines is 1. The summed E-state index contributed by atoms with van der Waals surface area (Å²) in [4.78, 5) is 1.97. The first-order chi connectivity index (χ1) is 7.67. The topological polar surface area (TPSA) is 30.9 Å². The molecule has 0 saturated carbocycles. The van der Waals surface area contributed by atoms with E-state index in [4.69, 9.17) is 14.2 Å². The molecule has 0 N–H and O–H groups in total. The predicted molar refractivity (Wildman–Crippen MR) is 68.4 cm³/mol. The van der Waals surface area contributed by atoms with E-state index in [1.165, 1.54) is 0 Å². The quantitative estimate of drug-likeness (QED) is 0.633. The van der Waals surface area contributed by atoms with Crippen molar-refractivity contribution in [3.05, 3.63) is 12.1 Å². The first kappa shape index (κ1) is 12.8. The van der Waals surface area contributed by atoms with E-state index in [0.29, 0.717) is 23.1 Å². The summed E-state index contributed by atoms with van der Waals surface area (Å²) in [6.07, 6.45) is 0. The van der Waals surface area contributed by atoms with Gasteiger partial charge in [0.15, 0.2) is 11.5 Å². The van der Waals surface area contributed by atoms with Gasteiger partial charge in [-0.2, -0.15) is 12.6 Å². The maximum absolute atomic E-state index is 5.26. The molecule has 0 aliphatic carbocycles. The molecule has 0 unspecified atom stereocenters. The summed E-state index contributed by atoms with van der Waals surface area (Å²) in [6.45, 7) is 0. The highest BCUT2D eigenvalue weighted by Crippen LogP contribution is 2.40. The Labute approximate surface area is 102 Å². The summed E-state index contributed by atoms with van der Waals surface area (Å²) in [7, 11) is 6.72. The van der Waals surface area contributed by atoms with Crippen molar-refractivity contribution in [2.45, 2.75) is 0 Å². The Balaban J connectivity index is 3.25. The van der Waals surface area contributed by atoms with Crippen molar-refractivity contribution in [1.29, 1.82) is 0 Å². The first-order valence-corrected chi connectivity index (χ1v) is 5.43. The van der Waals surface area contributed by atoms with Gasteiger partial charge in [-0.25, -0.2) is 0 Å². The van der Waals surface area contributed by atoms with Gasteiger partial charge in [0.25, 0.3) is 0 Å². The number of benzene rings is 1. The van der Waals surface area contributed by atoms with E-state index in [0.717, 1.165) is 5.69 Å². The van der Waals surface area contributed by atoms with Crippen LogP contribution in [-0.2, 0) is 0 Å². The van der Waals surface area contributed by atoms with Gasteiger partial charge in [-0.15, -0.1) is 0 Å². The lowest BCUT2D eigenvalue weighted by Crippen LogP contribution is -2.14. The van der Waals surface area contributed by atoms with Crippen molar-refractivity contribution in [2.24, 2.45) is 0 Å². The van der Waals surface area contributed by atoms with Crippen molar-refractivity contribution in [2.75, 3.05) is 39.2 Å². The van der Waals surface area contributed by atoms with Gasteiger partial charge in [-0.05, 0) is 0 Å². The van der Waals surface area contributed by atoms with Crippen LogP contribution < -0.4 is 19.1 Å². The molecule has 4 nitrogen and oxygen atoms in total. The van der Waals surface area contributed by atoms with Crippen LogP contribution in [0.15, 0.2) is 12.1 Å². The molecule has 0 spiro atoms. The van der Waals surface area contributed by atoms with Crippen molar-refractivity contribution in [3.8, 4) is 17.2 Å². The second-order valence-electron chi connectivity index (χ2n) is 3.22. The highest BCUT2D eigenvalue weighted by Gasteiger charge is 2.14. The molecule has 1 rings (SSSR count). The lowest BCUT2D eigenvalue weighted by Gasteiger charge is -2.20. The van der Waals surface area contributed by atoms with Gasteiger partial charge in [0.2, 0.25) is 5.75 Å². The van der Waals surface area contributed by atoms with Crippen molar-refractivity contribution in [3.63, 3.8) is 0 Å². The van der Waals surface area contributed by atoms with Gasteiger partial charge in [-0.3, -0.25) is 0 Å². The van der Waals surface area contributed by atoms with Crippen molar-refractivity contribution in [1.82, 2.24) is 0 Å². The molecule has 0 aliphatic heterocycles. The fourth-order valence-corrected chi connectivity index (χ4v) is 1.53. The molecular weight excluding hydrogens is 226 g/mol. The average molecular weight is 243 g/mol. The van der Waals surface area contributed by atoms with Crippen LogP contribution >= 0.6 is 12.6 Å². The van der Waals surface area contributed by atoms with E-state index in [2.05, 4.69) is 12.6 Å². The minimum Gasteiger partial charge on any atom is -0.493 e. The number of thiol groups is 1. The van der Waals surface area contributed by atoms with E-state index in [1.54, 1.807) is 21.3 Å². The third-order valence-electron chi connectivity index (χ3n) is 2.30. The van der Waals surface area contributed by atoms with E-state index < -0.39 is 0 Å². The summed E-state index contributed by atoms with van der Waals surface area (Å²) in [6, 6.07) is 3.77. The number of methoxy groups -OCH3 is 3. The van der Waals surface area contributed by atoms with E-state index in [1.807, 2.05) is 24.1 Å². The number of hydrogen-bond donors (Lipinski definition) is 1. The molecule has 0 radical (unpaired) electrons. The number of nitrogens with zero attached hydrogens (tertiary/aromatic N) is 1.